The van der Waals surface area contributed by atoms with Crippen molar-refractivity contribution < 1.29 is 9.47 Å². The van der Waals surface area contributed by atoms with Crippen LogP contribution < -0.4 is 20.9 Å². The molecule has 0 aliphatic rings. The molecule has 0 fully saturated rings. The minimum atomic E-state index is 0.0126. The molecule has 0 saturated heterocycles. The molecule has 0 aliphatic heterocycles. The highest BCUT2D eigenvalue weighted by molar-refractivity contribution is 5.86. The highest BCUT2D eigenvalue weighted by Crippen LogP contribution is 2.38. The standard InChI is InChI=1S/C19H17N5O2/c1-25-15-8-7-11(9-16(15)26-2)12-5-3-4-6-13(12)17-14(10-20)18(21)24-19(22)23-17/h3-9H,1-2H3,(H4,21,22,23,24). The van der Waals surface area contributed by atoms with Crippen molar-refractivity contribution in [3.05, 3.63) is 48.0 Å². The summed E-state index contributed by atoms with van der Waals surface area (Å²) in [7, 11) is 3.16. The van der Waals surface area contributed by atoms with Crippen molar-refractivity contribution in [3.63, 3.8) is 0 Å². The van der Waals surface area contributed by atoms with Crippen LogP contribution in [0.4, 0.5) is 11.8 Å². The number of nitrogens with zero attached hydrogens (tertiary/aromatic N) is 3. The van der Waals surface area contributed by atoms with Gasteiger partial charge < -0.3 is 20.9 Å². The van der Waals surface area contributed by atoms with E-state index in [1.165, 1.54) is 0 Å². The number of nitrogens with two attached hydrogens (primary N) is 2. The van der Waals surface area contributed by atoms with E-state index in [2.05, 4.69) is 16.0 Å². The molecule has 3 rings (SSSR count). The van der Waals surface area contributed by atoms with Crippen LogP contribution in [0.25, 0.3) is 22.4 Å². The lowest BCUT2D eigenvalue weighted by molar-refractivity contribution is 0.355. The molecule has 1 heterocycles. The van der Waals surface area contributed by atoms with Gasteiger partial charge in [-0.2, -0.15) is 10.2 Å². The molecular weight excluding hydrogens is 330 g/mol. The van der Waals surface area contributed by atoms with Gasteiger partial charge in [0.2, 0.25) is 5.95 Å². The molecule has 0 saturated carbocycles. The summed E-state index contributed by atoms with van der Waals surface area (Å²) >= 11 is 0. The maximum Gasteiger partial charge on any atom is 0.222 e. The largest absolute Gasteiger partial charge is 0.493 e. The van der Waals surface area contributed by atoms with Crippen molar-refractivity contribution in [2.45, 2.75) is 0 Å². The van der Waals surface area contributed by atoms with Crippen molar-refractivity contribution in [1.29, 1.82) is 5.26 Å². The molecule has 7 nitrogen and oxygen atoms in total. The number of rotatable bonds is 4. The number of benzene rings is 2. The molecule has 0 bridgehead atoms. The van der Waals surface area contributed by atoms with E-state index in [0.29, 0.717) is 17.2 Å². The second-order valence-electron chi connectivity index (χ2n) is 5.42. The van der Waals surface area contributed by atoms with Crippen LogP contribution in [0.15, 0.2) is 42.5 Å². The van der Waals surface area contributed by atoms with Crippen LogP contribution in [-0.4, -0.2) is 24.2 Å². The third kappa shape index (κ3) is 2.96. The van der Waals surface area contributed by atoms with E-state index in [1.807, 2.05) is 42.5 Å². The average molecular weight is 347 g/mol. The zero-order valence-corrected chi connectivity index (χ0v) is 14.4. The topological polar surface area (TPSA) is 120 Å². The zero-order valence-electron chi connectivity index (χ0n) is 14.4. The summed E-state index contributed by atoms with van der Waals surface area (Å²) in [4.78, 5) is 8.11. The molecule has 7 heteroatoms. The molecule has 4 N–H and O–H groups in total. The van der Waals surface area contributed by atoms with Gasteiger partial charge in [-0.15, -0.1) is 0 Å². The number of hydrogen-bond acceptors (Lipinski definition) is 7. The Bertz CT molecular complexity index is 1010. The molecule has 0 unspecified atom stereocenters. The number of methoxy groups -OCH3 is 2. The predicted octanol–water partition coefficient (Wildman–Crippen LogP) is 2.86. The van der Waals surface area contributed by atoms with E-state index in [1.54, 1.807) is 14.2 Å². The average Bonchev–Trinajstić information content (AvgIpc) is 2.66. The molecule has 3 aromatic rings. The molecule has 0 radical (unpaired) electrons. The Morgan fingerprint density at radius 1 is 0.923 bits per heavy atom. The number of hydrogen-bond donors (Lipinski definition) is 2. The molecule has 2 aromatic carbocycles. The third-order valence-electron chi connectivity index (χ3n) is 3.94. The molecule has 0 atom stereocenters. The minimum absolute atomic E-state index is 0.0126. The van der Waals surface area contributed by atoms with E-state index >= 15 is 0 Å². The van der Waals surface area contributed by atoms with Gasteiger partial charge in [-0.3, -0.25) is 0 Å². The molecular formula is C19H17N5O2. The first-order valence-corrected chi connectivity index (χ1v) is 7.74. The van der Waals surface area contributed by atoms with Crippen molar-refractivity contribution in [2.24, 2.45) is 0 Å². The predicted molar refractivity (Wildman–Crippen MR) is 99.5 cm³/mol. The van der Waals surface area contributed by atoms with Crippen molar-refractivity contribution in [1.82, 2.24) is 9.97 Å². The van der Waals surface area contributed by atoms with Gasteiger partial charge in [0, 0.05) is 5.56 Å². The number of anilines is 2. The van der Waals surface area contributed by atoms with Crippen molar-refractivity contribution >= 4 is 11.8 Å². The van der Waals surface area contributed by atoms with E-state index < -0.39 is 0 Å². The first-order valence-electron chi connectivity index (χ1n) is 7.74. The Hall–Kier alpha value is -3.79. The smallest absolute Gasteiger partial charge is 0.222 e. The van der Waals surface area contributed by atoms with Gasteiger partial charge in [0.1, 0.15) is 17.5 Å². The van der Waals surface area contributed by atoms with Gasteiger partial charge in [-0.25, -0.2) is 4.98 Å². The summed E-state index contributed by atoms with van der Waals surface area (Å²) in [5, 5.41) is 9.48. The first kappa shape index (κ1) is 17.0. The van der Waals surface area contributed by atoms with Gasteiger partial charge in [-0.1, -0.05) is 30.3 Å². The first-order chi connectivity index (χ1) is 12.6. The fourth-order valence-corrected chi connectivity index (χ4v) is 2.75. The summed E-state index contributed by atoms with van der Waals surface area (Å²) in [6.45, 7) is 0. The summed E-state index contributed by atoms with van der Waals surface area (Å²) in [6, 6.07) is 15.2. The molecule has 1 aromatic heterocycles. The normalized spacial score (nSPS) is 10.2. The second-order valence-corrected chi connectivity index (χ2v) is 5.42. The fraction of sp³-hybridized carbons (Fsp3) is 0.105. The highest BCUT2D eigenvalue weighted by atomic mass is 16.5. The van der Waals surface area contributed by atoms with Crippen LogP contribution in [0.3, 0.4) is 0 Å². The van der Waals surface area contributed by atoms with Crippen molar-refractivity contribution in [2.75, 3.05) is 25.7 Å². The van der Waals surface area contributed by atoms with E-state index in [0.717, 1.165) is 16.7 Å². The summed E-state index contributed by atoms with van der Waals surface area (Å²) in [6.07, 6.45) is 0. The molecule has 130 valence electrons. The van der Waals surface area contributed by atoms with Gasteiger partial charge in [0.25, 0.3) is 0 Å². The summed E-state index contributed by atoms with van der Waals surface area (Å²) < 4.78 is 10.7. The van der Waals surface area contributed by atoms with Gasteiger partial charge in [-0.05, 0) is 23.3 Å². The Labute approximate surface area is 150 Å². The fourth-order valence-electron chi connectivity index (χ4n) is 2.75. The van der Waals surface area contributed by atoms with Gasteiger partial charge in [0.05, 0.1) is 19.9 Å². The Morgan fingerprint density at radius 2 is 1.62 bits per heavy atom. The summed E-state index contributed by atoms with van der Waals surface area (Å²) in [5.74, 6) is 1.29. The minimum Gasteiger partial charge on any atom is -0.493 e. The third-order valence-corrected chi connectivity index (χ3v) is 3.94. The maximum absolute atomic E-state index is 9.48. The molecule has 0 aliphatic carbocycles. The van der Waals surface area contributed by atoms with E-state index in [-0.39, 0.29) is 17.3 Å². The molecule has 0 spiro atoms. The SMILES string of the molecule is COc1ccc(-c2ccccc2-c2nc(N)nc(N)c2C#N)cc1OC. The number of nitriles is 1. The lowest BCUT2D eigenvalue weighted by Crippen LogP contribution is -2.05. The van der Waals surface area contributed by atoms with Crippen molar-refractivity contribution in [3.8, 4) is 40.0 Å². The lowest BCUT2D eigenvalue weighted by atomic mass is 9.95. The maximum atomic E-state index is 9.48. The van der Waals surface area contributed by atoms with Crippen LogP contribution in [0.1, 0.15) is 5.56 Å². The van der Waals surface area contributed by atoms with Crippen LogP contribution in [0, 0.1) is 11.3 Å². The van der Waals surface area contributed by atoms with Crippen LogP contribution >= 0.6 is 0 Å². The molecule has 26 heavy (non-hydrogen) atoms. The lowest BCUT2D eigenvalue weighted by Gasteiger charge is -2.14. The number of nitrogen functional groups attached to an aromatic ring is 2. The number of aromatic nitrogens is 2. The number of ether oxygens (including phenoxy) is 2. The zero-order chi connectivity index (χ0) is 18.7. The highest BCUT2D eigenvalue weighted by Gasteiger charge is 2.17. The Balaban J connectivity index is 2.25. The van der Waals surface area contributed by atoms with E-state index in [9.17, 15) is 5.26 Å². The van der Waals surface area contributed by atoms with Crippen LogP contribution in [0.2, 0.25) is 0 Å². The van der Waals surface area contributed by atoms with Crippen LogP contribution in [-0.2, 0) is 0 Å². The monoisotopic (exact) mass is 347 g/mol. The summed E-state index contributed by atoms with van der Waals surface area (Å²) in [5.41, 5.74) is 14.6. The van der Waals surface area contributed by atoms with Crippen LogP contribution in [0.5, 0.6) is 11.5 Å². The van der Waals surface area contributed by atoms with E-state index in [4.69, 9.17) is 20.9 Å². The quantitative estimate of drug-likeness (QED) is 0.744. The second kappa shape index (κ2) is 6.99. The van der Waals surface area contributed by atoms with Gasteiger partial charge in [0.15, 0.2) is 11.5 Å². The van der Waals surface area contributed by atoms with Gasteiger partial charge >= 0.3 is 0 Å². The molecule has 0 amide bonds. The Morgan fingerprint density at radius 3 is 2.27 bits per heavy atom. The Kier molecular flexibility index (Phi) is 4.58.